The van der Waals surface area contributed by atoms with E-state index in [1.165, 1.54) is 0 Å². The molecule has 1 aromatic heterocycles. The maximum absolute atomic E-state index is 11.9. The zero-order valence-corrected chi connectivity index (χ0v) is 12.2. The number of fused-ring (bicyclic) bond motifs is 1. The topological polar surface area (TPSA) is 69.0 Å². The van der Waals surface area contributed by atoms with Crippen molar-refractivity contribution in [3.63, 3.8) is 0 Å². The van der Waals surface area contributed by atoms with Gasteiger partial charge in [-0.25, -0.2) is 4.68 Å². The van der Waals surface area contributed by atoms with Crippen molar-refractivity contribution in [2.24, 2.45) is 0 Å². The highest BCUT2D eigenvalue weighted by Crippen LogP contribution is 2.30. The molecular weight excluding hydrogens is 268 g/mol. The van der Waals surface area contributed by atoms with Gasteiger partial charge < -0.3 is 4.74 Å². The van der Waals surface area contributed by atoms with Crippen molar-refractivity contribution in [1.82, 2.24) is 14.8 Å². The first kappa shape index (κ1) is 13.6. The van der Waals surface area contributed by atoms with Crippen molar-refractivity contribution in [3.8, 4) is 5.75 Å². The van der Waals surface area contributed by atoms with Gasteiger partial charge in [0.05, 0.1) is 19.6 Å². The first-order chi connectivity index (χ1) is 10.2. The van der Waals surface area contributed by atoms with E-state index in [4.69, 9.17) is 4.74 Å². The Hall–Kier alpha value is -2.37. The second kappa shape index (κ2) is 5.55. The summed E-state index contributed by atoms with van der Waals surface area (Å²) in [6.45, 7) is 2.08. The average molecular weight is 286 g/mol. The summed E-state index contributed by atoms with van der Waals surface area (Å²) >= 11 is 0. The Morgan fingerprint density at radius 2 is 2.14 bits per heavy atom. The Morgan fingerprint density at radius 1 is 1.38 bits per heavy atom. The van der Waals surface area contributed by atoms with Gasteiger partial charge in [0.2, 0.25) is 11.9 Å². The van der Waals surface area contributed by atoms with Gasteiger partial charge in [-0.15, -0.1) is 0 Å². The van der Waals surface area contributed by atoms with Gasteiger partial charge in [-0.1, -0.05) is 19.1 Å². The number of aromatic nitrogens is 3. The lowest BCUT2D eigenvalue weighted by Gasteiger charge is -2.23. The van der Waals surface area contributed by atoms with Gasteiger partial charge in [0.25, 0.3) is 0 Å². The Bertz CT molecular complexity index is 648. The van der Waals surface area contributed by atoms with E-state index in [0.29, 0.717) is 12.4 Å². The number of hydrogen-bond acceptors (Lipinski definition) is 4. The molecule has 1 amide bonds. The number of benzene rings is 1. The Morgan fingerprint density at radius 3 is 2.81 bits per heavy atom. The molecule has 21 heavy (non-hydrogen) atoms. The maximum Gasteiger partial charge on any atom is 0.229 e. The van der Waals surface area contributed by atoms with E-state index in [9.17, 15) is 4.79 Å². The summed E-state index contributed by atoms with van der Waals surface area (Å²) in [7, 11) is 1.63. The van der Waals surface area contributed by atoms with Crippen LogP contribution in [-0.4, -0.2) is 27.8 Å². The molecule has 1 aromatic carbocycles. The predicted octanol–water partition coefficient (Wildman–Crippen LogP) is 2.17. The molecule has 1 N–H and O–H groups in total. The minimum Gasteiger partial charge on any atom is -0.497 e. The van der Waals surface area contributed by atoms with Gasteiger partial charge in [0.15, 0.2) is 5.82 Å². The number of nitrogens with zero attached hydrogens (tertiary/aromatic N) is 3. The van der Waals surface area contributed by atoms with Crippen LogP contribution in [-0.2, 0) is 11.2 Å². The Kier molecular flexibility index (Phi) is 3.60. The summed E-state index contributed by atoms with van der Waals surface area (Å²) in [5, 5.41) is 7.32. The monoisotopic (exact) mass is 286 g/mol. The van der Waals surface area contributed by atoms with Crippen LogP contribution in [0.1, 0.15) is 37.2 Å². The highest BCUT2D eigenvalue weighted by molar-refractivity contribution is 5.91. The van der Waals surface area contributed by atoms with Crippen LogP contribution in [0.4, 0.5) is 5.95 Å². The lowest BCUT2D eigenvalue weighted by Crippen LogP contribution is -2.29. The zero-order valence-electron chi connectivity index (χ0n) is 12.2. The molecule has 6 heteroatoms. The quantitative estimate of drug-likeness (QED) is 0.935. The first-order valence-electron chi connectivity index (χ1n) is 7.10. The molecule has 0 bridgehead atoms. The molecule has 3 rings (SSSR count). The molecule has 1 unspecified atom stereocenters. The maximum atomic E-state index is 11.9. The van der Waals surface area contributed by atoms with E-state index in [1.54, 1.807) is 7.11 Å². The molecule has 2 aromatic rings. The normalized spacial score (nSPS) is 17.2. The summed E-state index contributed by atoms with van der Waals surface area (Å²) in [5.74, 6) is 2.08. The third kappa shape index (κ3) is 2.61. The number of rotatable bonds is 4. The molecule has 0 aliphatic carbocycles. The summed E-state index contributed by atoms with van der Waals surface area (Å²) in [5.41, 5.74) is 1.03. The fraction of sp³-hybridized carbons (Fsp3) is 0.400. The second-order valence-corrected chi connectivity index (χ2v) is 5.09. The predicted molar refractivity (Wildman–Crippen MR) is 78.4 cm³/mol. The molecule has 1 atom stereocenters. The van der Waals surface area contributed by atoms with E-state index in [0.717, 1.165) is 30.0 Å². The van der Waals surface area contributed by atoms with Crippen LogP contribution in [0.15, 0.2) is 24.3 Å². The van der Waals surface area contributed by atoms with Crippen molar-refractivity contribution in [2.45, 2.75) is 32.2 Å². The van der Waals surface area contributed by atoms with E-state index < -0.39 is 0 Å². The molecule has 0 saturated carbocycles. The molecule has 1 aliphatic rings. The Labute approximate surface area is 123 Å². The van der Waals surface area contributed by atoms with E-state index >= 15 is 0 Å². The summed E-state index contributed by atoms with van der Waals surface area (Å²) in [4.78, 5) is 16.3. The number of ether oxygens (including phenoxy) is 1. The van der Waals surface area contributed by atoms with Crippen LogP contribution in [0, 0.1) is 0 Å². The molecule has 0 spiro atoms. The molecule has 0 fully saturated rings. The fourth-order valence-electron chi connectivity index (χ4n) is 2.52. The first-order valence-corrected chi connectivity index (χ1v) is 7.10. The van der Waals surface area contributed by atoms with E-state index in [-0.39, 0.29) is 11.9 Å². The van der Waals surface area contributed by atoms with Crippen LogP contribution in [0.5, 0.6) is 5.75 Å². The number of anilines is 1. The third-order valence-electron chi connectivity index (χ3n) is 3.57. The zero-order chi connectivity index (χ0) is 14.8. The molecule has 0 radical (unpaired) electrons. The van der Waals surface area contributed by atoms with Crippen molar-refractivity contribution in [1.29, 1.82) is 0 Å². The fourth-order valence-corrected chi connectivity index (χ4v) is 2.52. The number of carbonyl (C=O) groups is 1. The standard InChI is InChI=1S/C15H18N4O2/c1-3-4-13-16-15-17-14(20)9-12(19(15)18-13)10-5-7-11(21-2)8-6-10/h5-8,12H,3-4,9H2,1-2H3,(H,16,17,18,20). The highest BCUT2D eigenvalue weighted by Gasteiger charge is 2.28. The van der Waals surface area contributed by atoms with Crippen LogP contribution >= 0.6 is 0 Å². The second-order valence-electron chi connectivity index (χ2n) is 5.09. The molecule has 6 nitrogen and oxygen atoms in total. The van der Waals surface area contributed by atoms with Crippen LogP contribution in [0.25, 0.3) is 0 Å². The van der Waals surface area contributed by atoms with E-state index in [2.05, 4.69) is 22.3 Å². The SMILES string of the molecule is CCCc1nc2n(n1)C(c1ccc(OC)cc1)CC(=O)N2. The number of hydrogen-bond donors (Lipinski definition) is 1. The highest BCUT2D eigenvalue weighted by atomic mass is 16.5. The summed E-state index contributed by atoms with van der Waals surface area (Å²) in [6, 6.07) is 7.61. The molecule has 2 heterocycles. The van der Waals surface area contributed by atoms with Gasteiger partial charge in [-0.05, 0) is 24.1 Å². The van der Waals surface area contributed by atoms with Crippen LogP contribution in [0.2, 0.25) is 0 Å². The molecule has 1 aliphatic heterocycles. The minimum absolute atomic E-state index is 0.0289. The molecule has 110 valence electrons. The van der Waals surface area contributed by atoms with Gasteiger partial charge in [0.1, 0.15) is 5.75 Å². The number of aryl methyl sites for hydroxylation is 1. The van der Waals surface area contributed by atoms with Crippen LogP contribution in [0.3, 0.4) is 0 Å². The van der Waals surface area contributed by atoms with Gasteiger partial charge in [0, 0.05) is 6.42 Å². The number of carbonyl (C=O) groups excluding carboxylic acids is 1. The Balaban J connectivity index is 1.97. The smallest absolute Gasteiger partial charge is 0.229 e. The van der Waals surface area contributed by atoms with Crippen LogP contribution < -0.4 is 10.1 Å². The third-order valence-corrected chi connectivity index (χ3v) is 3.57. The van der Waals surface area contributed by atoms with Crippen molar-refractivity contribution in [2.75, 3.05) is 12.4 Å². The van der Waals surface area contributed by atoms with Crippen molar-refractivity contribution in [3.05, 3.63) is 35.7 Å². The average Bonchev–Trinajstić information content (AvgIpc) is 2.89. The summed E-state index contributed by atoms with van der Waals surface area (Å²) < 4.78 is 6.98. The minimum atomic E-state index is -0.113. The van der Waals surface area contributed by atoms with Crippen molar-refractivity contribution < 1.29 is 9.53 Å². The lowest BCUT2D eigenvalue weighted by molar-refractivity contribution is -0.117. The number of methoxy groups -OCH3 is 1. The van der Waals surface area contributed by atoms with Gasteiger partial charge >= 0.3 is 0 Å². The number of nitrogens with one attached hydrogen (secondary N) is 1. The van der Waals surface area contributed by atoms with Gasteiger partial charge in [-0.3, -0.25) is 10.1 Å². The number of amides is 1. The molecular formula is C15H18N4O2. The molecule has 0 saturated heterocycles. The summed E-state index contributed by atoms with van der Waals surface area (Å²) in [6.07, 6.45) is 2.16. The van der Waals surface area contributed by atoms with Crippen molar-refractivity contribution >= 4 is 11.9 Å². The lowest BCUT2D eigenvalue weighted by atomic mass is 10.0. The largest absolute Gasteiger partial charge is 0.497 e. The van der Waals surface area contributed by atoms with Gasteiger partial charge in [-0.2, -0.15) is 10.1 Å². The van der Waals surface area contributed by atoms with E-state index in [1.807, 2.05) is 28.9 Å².